The van der Waals surface area contributed by atoms with E-state index in [9.17, 15) is 4.79 Å². The molecule has 0 saturated heterocycles. The molecule has 1 aromatic heterocycles. The van der Waals surface area contributed by atoms with E-state index in [0.717, 1.165) is 6.42 Å². The third kappa shape index (κ3) is 7.66. The highest BCUT2D eigenvalue weighted by Gasteiger charge is 2.06. The van der Waals surface area contributed by atoms with Crippen LogP contribution in [0.3, 0.4) is 0 Å². The standard InChI is InChI=1S/C16H28N4O/c1-2-3-4-5-6-7-8-9-13-18-16(21)14-11-10-12-15(19-14)20-17/h10-12H,2-9,13,17H2,1H3,(H,18,21)(H,19,20). The summed E-state index contributed by atoms with van der Waals surface area (Å²) in [5, 5.41) is 2.89. The molecule has 0 bridgehead atoms. The minimum atomic E-state index is -0.143. The molecule has 1 amide bonds. The van der Waals surface area contributed by atoms with Crippen molar-refractivity contribution in [1.29, 1.82) is 0 Å². The van der Waals surface area contributed by atoms with Crippen LogP contribution in [0, 0.1) is 0 Å². The van der Waals surface area contributed by atoms with Crippen LogP contribution in [0.2, 0.25) is 0 Å². The summed E-state index contributed by atoms with van der Waals surface area (Å²) in [4.78, 5) is 16.0. The summed E-state index contributed by atoms with van der Waals surface area (Å²) >= 11 is 0. The van der Waals surface area contributed by atoms with Crippen molar-refractivity contribution in [2.45, 2.75) is 58.3 Å². The van der Waals surface area contributed by atoms with E-state index in [1.165, 1.54) is 44.9 Å². The lowest BCUT2D eigenvalue weighted by Crippen LogP contribution is -2.25. The number of hydrazine groups is 1. The molecule has 0 atom stereocenters. The van der Waals surface area contributed by atoms with E-state index in [-0.39, 0.29) is 5.91 Å². The second kappa shape index (κ2) is 11.1. The van der Waals surface area contributed by atoms with Crippen LogP contribution in [-0.2, 0) is 0 Å². The van der Waals surface area contributed by atoms with Crippen LogP contribution in [0.1, 0.15) is 68.8 Å². The average molecular weight is 292 g/mol. The predicted molar refractivity (Wildman–Crippen MR) is 87.0 cm³/mol. The van der Waals surface area contributed by atoms with Gasteiger partial charge in [-0.2, -0.15) is 0 Å². The molecule has 1 heterocycles. The number of nitrogens with one attached hydrogen (secondary N) is 2. The van der Waals surface area contributed by atoms with Gasteiger partial charge in [0.2, 0.25) is 0 Å². The molecule has 0 saturated carbocycles. The number of anilines is 1. The summed E-state index contributed by atoms with van der Waals surface area (Å²) in [6.07, 6.45) is 10.1. The number of nitrogens with two attached hydrogens (primary N) is 1. The van der Waals surface area contributed by atoms with Crippen LogP contribution in [0.4, 0.5) is 5.82 Å². The topological polar surface area (TPSA) is 80.0 Å². The molecule has 0 spiro atoms. The van der Waals surface area contributed by atoms with Gasteiger partial charge in [-0.3, -0.25) is 4.79 Å². The third-order valence-electron chi connectivity index (χ3n) is 3.45. The molecule has 0 aromatic carbocycles. The Balaban J connectivity index is 2.08. The molecule has 5 heteroatoms. The van der Waals surface area contributed by atoms with Crippen molar-refractivity contribution in [3.63, 3.8) is 0 Å². The van der Waals surface area contributed by atoms with E-state index < -0.39 is 0 Å². The number of amides is 1. The third-order valence-corrected chi connectivity index (χ3v) is 3.45. The van der Waals surface area contributed by atoms with E-state index in [1.807, 2.05) is 0 Å². The molecule has 0 unspecified atom stereocenters. The van der Waals surface area contributed by atoms with Gasteiger partial charge in [0.25, 0.3) is 5.91 Å². The Morgan fingerprint density at radius 2 is 1.76 bits per heavy atom. The van der Waals surface area contributed by atoms with E-state index in [4.69, 9.17) is 5.84 Å². The van der Waals surface area contributed by atoms with Crippen molar-refractivity contribution in [2.24, 2.45) is 5.84 Å². The highest BCUT2D eigenvalue weighted by Crippen LogP contribution is 2.08. The fourth-order valence-electron chi connectivity index (χ4n) is 2.19. The Morgan fingerprint density at radius 1 is 1.10 bits per heavy atom. The number of nitrogen functional groups attached to an aromatic ring is 1. The van der Waals surface area contributed by atoms with Crippen molar-refractivity contribution >= 4 is 11.7 Å². The average Bonchev–Trinajstić information content (AvgIpc) is 2.53. The first-order chi connectivity index (χ1) is 10.3. The quantitative estimate of drug-likeness (QED) is 0.332. The molecule has 0 aliphatic carbocycles. The SMILES string of the molecule is CCCCCCCCCCNC(=O)c1cccc(NN)n1. The number of rotatable bonds is 11. The minimum absolute atomic E-state index is 0.143. The van der Waals surface area contributed by atoms with Gasteiger partial charge >= 0.3 is 0 Å². The summed E-state index contributed by atoms with van der Waals surface area (Å²) in [6, 6.07) is 5.16. The number of nitrogens with zero attached hydrogens (tertiary/aromatic N) is 1. The molecule has 5 nitrogen and oxygen atoms in total. The zero-order chi connectivity index (χ0) is 15.3. The Hall–Kier alpha value is -1.62. The van der Waals surface area contributed by atoms with Crippen molar-refractivity contribution in [1.82, 2.24) is 10.3 Å². The maximum Gasteiger partial charge on any atom is 0.269 e. The number of carbonyl (C=O) groups excluding carboxylic acids is 1. The number of aromatic nitrogens is 1. The zero-order valence-electron chi connectivity index (χ0n) is 13.0. The molecule has 118 valence electrons. The second-order valence-corrected chi connectivity index (χ2v) is 5.28. The van der Waals surface area contributed by atoms with Crippen LogP contribution in [0.25, 0.3) is 0 Å². The van der Waals surface area contributed by atoms with Gasteiger partial charge in [-0.1, -0.05) is 57.9 Å². The van der Waals surface area contributed by atoms with Crippen LogP contribution in [0.5, 0.6) is 0 Å². The molecule has 0 fully saturated rings. The van der Waals surface area contributed by atoms with Gasteiger partial charge in [0.1, 0.15) is 11.5 Å². The van der Waals surface area contributed by atoms with Gasteiger partial charge < -0.3 is 10.7 Å². The maximum absolute atomic E-state index is 11.9. The van der Waals surface area contributed by atoms with Crippen LogP contribution in [0.15, 0.2) is 18.2 Å². The number of pyridine rings is 1. The molecule has 1 aromatic rings. The Bertz CT molecular complexity index is 409. The summed E-state index contributed by atoms with van der Waals surface area (Å²) in [7, 11) is 0. The fraction of sp³-hybridized carbons (Fsp3) is 0.625. The Labute approximate surface area is 127 Å². The number of unbranched alkanes of at least 4 members (excludes halogenated alkanes) is 7. The zero-order valence-corrected chi connectivity index (χ0v) is 13.0. The predicted octanol–water partition coefficient (Wildman–Crippen LogP) is 3.24. The van der Waals surface area contributed by atoms with Crippen molar-refractivity contribution in [2.75, 3.05) is 12.0 Å². The van der Waals surface area contributed by atoms with E-state index in [0.29, 0.717) is 18.1 Å². The highest BCUT2D eigenvalue weighted by atomic mass is 16.1. The van der Waals surface area contributed by atoms with Crippen molar-refractivity contribution in [3.05, 3.63) is 23.9 Å². The van der Waals surface area contributed by atoms with E-state index in [1.54, 1.807) is 18.2 Å². The molecule has 21 heavy (non-hydrogen) atoms. The summed E-state index contributed by atoms with van der Waals surface area (Å²) in [5.41, 5.74) is 2.83. The van der Waals surface area contributed by atoms with Gasteiger partial charge in [-0.15, -0.1) is 0 Å². The lowest BCUT2D eigenvalue weighted by molar-refractivity contribution is 0.0948. The molecule has 4 N–H and O–H groups in total. The lowest BCUT2D eigenvalue weighted by atomic mass is 10.1. The number of hydrogen-bond donors (Lipinski definition) is 3. The first kappa shape index (κ1) is 17.4. The molecule has 0 radical (unpaired) electrons. The molecule has 0 aliphatic heterocycles. The fourth-order valence-corrected chi connectivity index (χ4v) is 2.19. The Morgan fingerprint density at radius 3 is 2.43 bits per heavy atom. The van der Waals surface area contributed by atoms with Crippen molar-refractivity contribution < 1.29 is 4.79 Å². The largest absolute Gasteiger partial charge is 0.351 e. The molecule has 0 aliphatic rings. The van der Waals surface area contributed by atoms with Gasteiger partial charge in [0.15, 0.2) is 0 Å². The van der Waals surface area contributed by atoms with Gasteiger partial charge in [0, 0.05) is 6.54 Å². The maximum atomic E-state index is 11.9. The molecular formula is C16H28N4O. The normalized spacial score (nSPS) is 10.4. The van der Waals surface area contributed by atoms with E-state index in [2.05, 4.69) is 22.7 Å². The minimum Gasteiger partial charge on any atom is -0.351 e. The first-order valence-corrected chi connectivity index (χ1v) is 7.99. The first-order valence-electron chi connectivity index (χ1n) is 7.99. The highest BCUT2D eigenvalue weighted by molar-refractivity contribution is 5.92. The van der Waals surface area contributed by atoms with Crippen LogP contribution < -0.4 is 16.6 Å². The summed E-state index contributed by atoms with van der Waals surface area (Å²) < 4.78 is 0. The van der Waals surface area contributed by atoms with E-state index >= 15 is 0 Å². The second-order valence-electron chi connectivity index (χ2n) is 5.28. The lowest BCUT2D eigenvalue weighted by Gasteiger charge is -2.06. The van der Waals surface area contributed by atoms with Crippen LogP contribution >= 0.6 is 0 Å². The van der Waals surface area contributed by atoms with Crippen molar-refractivity contribution in [3.8, 4) is 0 Å². The monoisotopic (exact) mass is 292 g/mol. The smallest absolute Gasteiger partial charge is 0.269 e. The summed E-state index contributed by atoms with van der Waals surface area (Å²) in [6.45, 7) is 2.94. The molecular weight excluding hydrogens is 264 g/mol. The Kier molecular flexibility index (Phi) is 9.20. The van der Waals surface area contributed by atoms with Gasteiger partial charge in [-0.25, -0.2) is 10.8 Å². The molecule has 1 rings (SSSR count). The number of hydrogen-bond acceptors (Lipinski definition) is 4. The summed E-state index contributed by atoms with van der Waals surface area (Å²) in [5.74, 6) is 5.62. The van der Waals surface area contributed by atoms with Gasteiger partial charge in [-0.05, 0) is 18.6 Å². The number of carbonyl (C=O) groups is 1. The van der Waals surface area contributed by atoms with Crippen LogP contribution in [-0.4, -0.2) is 17.4 Å². The van der Waals surface area contributed by atoms with Gasteiger partial charge in [0.05, 0.1) is 0 Å².